The Kier molecular flexibility index (Phi) is 5.45. The summed E-state index contributed by atoms with van der Waals surface area (Å²) in [7, 11) is 0. The third-order valence-electron chi connectivity index (χ3n) is 3.62. The van der Waals surface area contributed by atoms with Crippen LogP contribution in [0.1, 0.15) is 36.1 Å². The Labute approximate surface area is 136 Å². The van der Waals surface area contributed by atoms with Gasteiger partial charge in [-0.2, -0.15) is 0 Å². The number of amides is 2. The number of hydrogen-bond donors (Lipinski definition) is 2. The second-order valence-electron chi connectivity index (χ2n) is 5.43. The molecule has 0 bridgehead atoms. The first-order valence-corrected chi connectivity index (χ1v) is 7.77. The van der Waals surface area contributed by atoms with Gasteiger partial charge in [-0.3, -0.25) is 0 Å². The van der Waals surface area contributed by atoms with Gasteiger partial charge in [-0.1, -0.05) is 42.3 Å². The number of nitrogens with one attached hydrogen (secondary N) is 2. The van der Waals surface area contributed by atoms with E-state index in [0.29, 0.717) is 5.02 Å². The van der Waals surface area contributed by atoms with E-state index in [4.69, 9.17) is 11.6 Å². The molecule has 22 heavy (non-hydrogen) atoms. The average Bonchev–Trinajstić information content (AvgIpc) is 2.48. The van der Waals surface area contributed by atoms with Crippen molar-refractivity contribution in [2.75, 3.05) is 5.32 Å². The van der Waals surface area contributed by atoms with Crippen LogP contribution in [0, 0.1) is 13.8 Å². The predicted octanol–water partition coefficient (Wildman–Crippen LogP) is 5.23. The van der Waals surface area contributed by atoms with Crippen molar-refractivity contribution in [3.8, 4) is 0 Å². The van der Waals surface area contributed by atoms with Crippen LogP contribution in [0.2, 0.25) is 5.02 Å². The number of anilines is 1. The van der Waals surface area contributed by atoms with Gasteiger partial charge in [-0.05, 0) is 55.7 Å². The molecule has 0 aliphatic carbocycles. The molecule has 2 aromatic rings. The summed E-state index contributed by atoms with van der Waals surface area (Å²) in [5.74, 6) is 0. The van der Waals surface area contributed by atoms with E-state index < -0.39 is 0 Å². The quantitative estimate of drug-likeness (QED) is 0.796. The minimum atomic E-state index is -0.214. The number of carbonyl (C=O) groups excluding carboxylic acids is 1. The number of carbonyl (C=O) groups is 1. The third kappa shape index (κ3) is 4.25. The van der Waals surface area contributed by atoms with E-state index in [0.717, 1.165) is 17.7 Å². The maximum absolute atomic E-state index is 12.2. The summed E-state index contributed by atoms with van der Waals surface area (Å²) >= 11 is 5.84. The molecule has 2 rings (SSSR count). The normalized spacial score (nSPS) is 11.8. The fourth-order valence-corrected chi connectivity index (χ4v) is 2.60. The van der Waals surface area contributed by atoms with Crippen LogP contribution in [0.25, 0.3) is 0 Å². The van der Waals surface area contributed by atoms with Gasteiger partial charge in [0, 0.05) is 10.7 Å². The summed E-state index contributed by atoms with van der Waals surface area (Å²) < 4.78 is 0. The fourth-order valence-electron chi connectivity index (χ4n) is 2.47. The number of halogens is 1. The number of aryl methyl sites for hydroxylation is 2. The molecule has 4 heteroatoms. The van der Waals surface area contributed by atoms with Crippen molar-refractivity contribution in [2.45, 2.75) is 33.2 Å². The highest BCUT2D eigenvalue weighted by Gasteiger charge is 2.14. The molecule has 0 heterocycles. The third-order valence-corrected chi connectivity index (χ3v) is 3.87. The number of benzene rings is 2. The minimum absolute atomic E-state index is 0.00657. The number of hydrogen-bond acceptors (Lipinski definition) is 1. The maximum atomic E-state index is 12.2. The average molecular weight is 317 g/mol. The molecule has 0 aromatic heterocycles. The largest absolute Gasteiger partial charge is 0.331 e. The van der Waals surface area contributed by atoms with Crippen molar-refractivity contribution in [1.82, 2.24) is 5.32 Å². The van der Waals surface area contributed by atoms with Crippen molar-refractivity contribution >= 4 is 23.3 Å². The molecule has 0 aliphatic rings. The summed E-state index contributed by atoms with van der Waals surface area (Å²) in [6, 6.07) is 13.1. The van der Waals surface area contributed by atoms with E-state index in [-0.39, 0.29) is 12.1 Å². The molecule has 116 valence electrons. The van der Waals surface area contributed by atoms with Crippen LogP contribution in [-0.4, -0.2) is 6.03 Å². The van der Waals surface area contributed by atoms with E-state index in [2.05, 4.69) is 49.6 Å². The zero-order chi connectivity index (χ0) is 16.1. The molecule has 2 aromatic carbocycles. The molecule has 0 radical (unpaired) electrons. The van der Waals surface area contributed by atoms with Crippen LogP contribution in [0.4, 0.5) is 10.5 Å². The summed E-state index contributed by atoms with van der Waals surface area (Å²) in [6.45, 7) is 6.20. The number of urea groups is 1. The highest BCUT2D eigenvalue weighted by Crippen LogP contribution is 2.22. The maximum Gasteiger partial charge on any atom is 0.319 e. The lowest BCUT2D eigenvalue weighted by atomic mass is 9.98. The Bertz CT molecular complexity index is 653. The van der Waals surface area contributed by atoms with Crippen LogP contribution < -0.4 is 10.6 Å². The molecule has 0 aliphatic heterocycles. The topological polar surface area (TPSA) is 41.1 Å². The Balaban J connectivity index is 2.06. The van der Waals surface area contributed by atoms with Crippen LogP contribution in [0.5, 0.6) is 0 Å². The Morgan fingerprint density at radius 1 is 1.14 bits per heavy atom. The van der Waals surface area contributed by atoms with Crippen LogP contribution in [0.15, 0.2) is 42.5 Å². The molecular formula is C18H21ClN2O. The summed E-state index contributed by atoms with van der Waals surface area (Å²) in [5, 5.41) is 6.50. The molecule has 1 atom stereocenters. The predicted molar refractivity (Wildman–Crippen MR) is 92.6 cm³/mol. The van der Waals surface area contributed by atoms with Gasteiger partial charge in [0.25, 0.3) is 0 Å². The van der Waals surface area contributed by atoms with Crippen LogP contribution in [0.3, 0.4) is 0 Å². The Morgan fingerprint density at radius 2 is 1.82 bits per heavy atom. The molecular weight excluding hydrogens is 296 g/mol. The lowest BCUT2D eigenvalue weighted by Crippen LogP contribution is -2.32. The summed E-state index contributed by atoms with van der Waals surface area (Å²) in [6.07, 6.45) is 0.831. The molecule has 0 fully saturated rings. The standard InChI is InChI=1S/C18H21ClN2O/c1-4-17(16-10-5-12(2)11-13(16)3)21-18(22)20-15-8-6-14(19)7-9-15/h5-11,17H,4H2,1-3H3,(H2,20,21,22)/t17-/m1/s1. The van der Waals surface area contributed by atoms with Gasteiger partial charge >= 0.3 is 6.03 Å². The zero-order valence-corrected chi connectivity index (χ0v) is 13.9. The van der Waals surface area contributed by atoms with E-state index in [1.165, 1.54) is 11.1 Å². The molecule has 2 N–H and O–H groups in total. The minimum Gasteiger partial charge on any atom is -0.331 e. The van der Waals surface area contributed by atoms with Crippen molar-refractivity contribution in [1.29, 1.82) is 0 Å². The van der Waals surface area contributed by atoms with Crippen molar-refractivity contribution in [3.63, 3.8) is 0 Å². The van der Waals surface area contributed by atoms with Gasteiger partial charge in [0.15, 0.2) is 0 Å². The summed E-state index contributed by atoms with van der Waals surface area (Å²) in [5.41, 5.74) is 4.29. The zero-order valence-electron chi connectivity index (χ0n) is 13.1. The van der Waals surface area contributed by atoms with E-state index >= 15 is 0 Å². The van der Waals surface area contributed by atoms with Gasteiger partial charge in [-0.25, -0.2) is 4.79 Å². The Hall–Kier alpha value is -2.00. The van der Waals surface area contributed by atoms with Crippen molar-refractivity contribution in [3.05, 3.63) is 64.2 Å². The first-order valence-electron chi connectivity index (χ1n) is 7.40. The van der Waals surface area contributed by atoms with Gasteiger partial charge in [0.05, 0.1) is 6.04 Å². The number of rotatable bonds is 4. The fraction of sp³-hybridized carbons (Fsp3) is 0.278. The molecule has 0 saturated carbocycles. The smallest absolute Gasteiger partial charge is 0.319 e. The monoisotopic (exact) mass is 316 g/mol. The highest BCUT2D eigenvalue weighted by molar-refractivity contribution is 6.30. The van der Waals surface area contributed by atoms with Crippen molar-refractivity contribution < 1.29 is 4.79 Å². The molecule has 0 spiro atoms. The first-order chi connectivity index (χ1) is 10.5. The lowest BCUT2D eigenvalue weighted by Gasteiger charge is -2.20. The highest BCUT2D eigenvalue weighted by atomic mass is 35.5. The van der Waals surface area contributed by atoms with Crippen LogP contribution >= 0.6 is 11.6 Å². The van der Waals surface area contributed by atoms with Crippen LogP contribution in [-0.2, 0) is 0 Å². The summed E-state index contributed by atoms with van der Waals surface area (Å²) in [4.78, 5) is 12.2. The van der Waals surface area contributed by atoms with E-state index in [9.17, 15) is 4.79 Å². The molecule has 0 saturated heterocycles. The Morgan fingerprint density at radius 3 is 2.41 bits per heavy atom. The second-order valence-corrected chi connectivity index (χ2v) is 5.86. The second kappa shape index (κ2) is 7.32. The molecule has 0 unspecified atom stereocenters. The van der Waals surface area contributed by atoms with Gasteiger partial charge in [-0.15, -0.1) is 0 Å². The van der Waals surface area contributed by atoms with Gasteiger partial charge < -0.3 is 10.6 Å². The van der Waals surface area contributed by atoms with Crippen molar-refractivity contribution in [2.24, 2.45) is 0 Å². The lowest BCUT2D eigenvalue weighted by molar-refractivity contribution is 0.248. The van der Waals surface area contributed by atoms with E-state index in [1.807, 2.05) is 0 Å². The van der Waals surface area contributed by atoms with Gasteiger partial charge in [0.2, 0.25) is 0 Å². The molecule has 2 amide bonds. The first kappa shape index (κ1) is 16.4. The van der Waals surface area contributed by atoms with E-state index in [1.54, 1.807) is 24.3 Å². The van der Waals surface area contributed by atoms with Gasteiger partial charge in [0.1, 0.15) is 0 Å². The SMILES string of the molecule is CC[C@@H](NC(=O)Nc1ccc(Cl)cc1)c1ccc(C)cc1C. The molecule has 3 nitrogen and oxygen atoms in total.